The predicted octanol–water partition coefficient (Wildman–Crippen LogP) is 1.64. The molecule has 2 saturated heterocycles. The van der Waals surface area contributed by atoms with Crippen molar-refractivity contribution in [2.75, 3.05) is 39.5 Å². The lowest BCUT2D eigenvalue weighted by Crippen LogP contribution is -2.31. The summed E-state index contributed by atoms with van der Waals surface area (Å²) >= 11 is 0. The fraction of sp³-hybridized carbons (Fsp3) is 1.00. The smallest absolute Gasteiger partial charge is 0.111 e. The number of rotatable bonds is 8. The number of likely N-dealkylation sites (tertiary alicyclic amines) is 1. The third-order valence-corrected chi connectivity index (χ3v) is 3.48. The SMILES string of the molecule is CCOCCOCCCN1CC2CCCC1O2. The van der Waals surface area contributed by atoms with Gasteiger partial charge in [-0.05, 0) is 32.6 Å². The quantitative estimate of drug-likeness (QED) is 0.606. The van der Waals surface area contributed by atoms with Crippen molar-refractivity contribution in [2.24, 2.45) is 0 Å². The van der Waals surface area contributed by atoms with Crippen molar-refractivity contribution in [3.05, 3.63) is 0 Å². The van der Waals surface area contributed by atoms with Crippen molar-refractivity contribution in [2.45, 2.75) is 44.9 Å². The Hall–Kier alpha value is -0.160. The maximum absolute atomic E-state index is 5.89. The Balaban J connectivity index is 1.48. The van der Waals surface area contributed by atoms with Gasteiger partial charge in [-0.15, -0.1) is 0 Å². The molecule has 0 aromatic rings. The highest BCUT2D eigenvalue weighted by molar-refractivity contribution is 4.82. The van der Waals surface area contributed by atoms with Crippen LogP contribution in [0.3, 0.4) is 0 Å². The summed E-state index contributed by atoms with van der Waals surface area (Å²) in [6, 6.07) is 0. The molecule has 17 heavy (non-hydrogen) atoms. The van der Waals surface area contributed by atoms with Crippen molar-refractivity contribution >= 4 is 0 Å². The van der Waals surface area contributed by atoms with Crippen LogP contribution in [0.25, 0.3) is 0 Å². The number of ether oxygens (including phenoxy) is 3. The van der Waals surface area contributed by atoms with Crippen LogP contribution in [0, 0.1) is 0 Å². The minimum atomic E-state index is 0.400. The fourth-order valence-electron chi connectivity index (χ4n) is 2.63. The van der Waals surface area contributed by atoms with Crippen LogP contribution < -0.4 is 0 Å². The second-order valence-electron chi connectivity index (χ2n) is 4.80. The molecule has 0 aliphatic carbocycles. The summed E-state index contributed by atoms with van der Waals surface area (Å²) < 4.78 is 16.6. The maximum atomic E-state index is 5.89. The van der Waals surface area contributed by atoms with E-state index in [1.807, 2.05) is 6.92 Å². The number of nitrogens with zero attached hydrogens (tertiary/aromatic N) is 1. The molecule has 4 heteroatoms. The second-order valence-corrected chi connectivity index (χ2v) is 4.80. The highest BCUT2D eigenvalue weighted by Gasteiger charge is 2.35. The van der Waals surface area contributed by atoms with Gasteiger partial charge in [0.1, 0.15) is 6.23 Å². The van der Waals surface area contributed by atoms with E-state index in [1.165, 1.54) is 19.3 Å². The lowest BCUT2D eigenvalue weighted by molar-refractivity contribution is -0.0352. The van der Waals surface area contributed by atoms with Crippen LogP contribution in [-0.2, 0) is 14.2 Å². The summed E-state index contributed by atoms with van der Waals surface area (Å²) in [6.07, 6.45) is 5.79. The molecule has 2 atom stereocenters. The predicted molar refractivity (Wildman–Crippen MR) is 66.0 cm³/mol. The Kier molecular flexibility index (Phi) is 5.71. The maximum Gasteiger partial charge on any atom is 0.111 e. The summed E-state index contributed by atoms with van der Waals surface area (Å²) in [6.45, 7) is 7.29. The first kappa shape index (κ1) is 13.3. The van der Waals surface area contributed by atoms with Crippen LogP contribution in [0.5, 0.6) is 0 Å². The van der Waals surface area contributed by atoms with E-state index in [1.54, 1.807) is 0 Å². The molecule has 0 aromatic heterocycles. The molecule has 0 spiro atoms. The zero-order valence-electron chi connectivity index (χ0n) is 10.9. The van der Waals surface area contributed by atoms with Crippen LogP contribution in [0.4, 0.5) is 0 Å². The average molecular weight is 243 g/mol. The van der Waals surface area contributed by atoms with E-state index in [-0.39, 0.29) is 0 Å². The van der Waals surface area contributed by atoms with E-state index < -0.39 is 0 Å². The largest absolute Gasteiger partial charge is 0.379 e. The molecule has 2 bridgehead atoms. The van der Waals surface area contributed by atoms with Gasteiger partial charge in [-0.1, -0.05) is 0 Å². The molecule has 4 nitrogen and oxygen atoms in total. The minimum Gasteiger partial charge on any atom is -0.379 e. The molecule has 2 aliphatic rings. The average Bonchev–Trinajstić information content (AvgIpc) is 2.63. The molecule has 2 rings (SSSR count). The first-order valence-electron chi connectivity index (χ1n) is 6.95. The van der Waals surface area contributed by atoms with Crippen molar-refractivity contribution in [3.8, 4) is 0 Å². The van der Waals surface area contributed by atoms with E-state index in [0.29, 0.717) is 18.9 Å². The number of fused-ring (bicyclic) bond motifs is 2. The number of hydrogen-bond donors (Lipinski definition) is 0. The van der Waals surface area contributed by atoms with E-state index >= 15 is 0 Å². The second kappa shape index (κ2) is 7.31. The van der Waals surface area contributed by atoms with Crippen LogP contribution in [0.1, 0.15) is 32.6 Å². The molecule has 0 radical (unpaired) electrons. The molecule has 0 amide bonds. The van der Waals surface area contributed by atoms with Crippen LogP contribution >= 0.6 is 0 Å². The summed E-state index contributed by atoms with van der Waals surface area (Å²) in [5.41, 5.74) is 0. The van der Waals surface area contributed by atoms with E-state index in [4.69, 9.17) is 14.2 Å². The van der Waals surface area contributed by atoms with Crippen molar-refractivity contribution < 1.29 is 14.2 Å². The summed E-state index contributed by atoms with van der Waals surface area (Å²) in [7, 11) is 0. The van der Waals surface area contributed by atoms with Gasteiger partial charge in [0.2, 0.25) is 0 Å². The molecule has 2 heterocycles. The van der Waals surface area contributed by atoms with Gasteiger partial charge in [0.05, 0.1) is 19.3 Å². The van der Waals surface area contributed by atoms with Gasteiger partial charge >= 0.3 is 0 Å². The lowest BCUT2D eigenvalue weighted by atomic mass is 10.1. The first-order valence-corrected chi connectivity index (χ1v) is 6.95. The normalized spacial score (nSPS) is 28.8. The van der Waals surface area contributed by atoms with Gasteiger partial charge in [0, 0.05) is 26.3 Å². The summed E-state index contributed by atoms with van der Waals surface area (Å²) in [4.78, 5) is 2.48. The molecule has 0 N–H and O–H groups in total. The third kappa shape index (κ3) is 4.21. The molecule has 0 saturated carbocycles. The molecular formula is C13H25NO3. The minimum absolute atomic E-state index is 0.400. The van der Waals surface area contributed by atoms with Gasteiger partial charge in [-0.2, -0.15) is 0 Å². The van der Waals surface area contributed by atoms with Gasteiger partial charge in [0.15, 0.2) is 0 Å². The van der Waals surface area contributed by atoms with Gasteiger partial charge in [0.25, 0.3) is 0 Å². The topological polar surface area (TPSA) is 30.9 Å². The summed E-state index contributed by atoms with van der Waals surface area (Å²) in [5.74, 6) is 0. The Morgan fingerprint density at radius 2 is 2.06 bits per heavy atom. The van der Waals surface area contributed by atoms with E-state index in [9.17, 15) is 0 Å². The van der Waals surface area contributed by atoms with Gasteiger partial charge < -0.3 is 14.2 Å². The highest BCUT2D eigenvalue weighted by Crippen LogP contribution is 2.29. The molecule has 2 fully saturated rings. The summed E-state index contributed by atoms with van der Waals surface area (Å²) in [5, 5.41) is 0. The lowest BCUT2D eigenvalue weighted by Gasteiger charge is -2.23. The zero-order chi connectivity index (χ0) is 11.9. The van der Waals surface area contributed by atoms with Gasteiger partial charge in [-0.3, -0.25) is 4.90 Å². The Bertz CT molecular complexity index is 213. The van der Waals surface area contributed by atoms with Crippen LogP contribution in [0.2, 0.25) is 0 Å². The van der Waals surface area contributed by atoms with Crippen molar-refractivity contribution in [3.63, 3.8) is 0 Å². The number of hydrogen-bond acceptors (Lipinski definition) is 4. The van der Waals surface area contributed by atoms with Crippen molar-refractivity contribution in [1.29, 1.82) is 0 Å². The Labute approximate surface area is 104 Å². The Morgan fingerprint density at radius 1 is 1.18 bits per heavy atom. The van der Waals surface area contributed by atoms with E-state index in [0.717, 1.165) is 39.3 Å². The molecule has 0 aromatic carbocycles. The van der Waals surface area contributed by atoms with E-state index in [2.05, 4.69) is 4.90 Å². The first-order chi connectivity index (χ1) is 8.40. The van der Waals surface area contributed by atoms with Gasteiger partial charge in [-0.25, -0.2) is 0 Å². The van der Waals surface area contributed by atoms with Crippen LogP contribution in [-0.4, -0.2) is 56.7 Å². The fourth-order valence-corrected chi connectivity index (χ4v) is 2.63. The third-order valence-electron chi connectivity index (χ3n) is 3.48. The molecule has 2 aliphatic heterocycles. The molecule has 100 valence electrons. The molecular weight excluding hydrogens is 218 g/mol. The van der Waals surface area contributed by atoms with Crippen LogP contribution in [0.15, 0.2) is 0 Å². The highest BCUT2D eigenvalue weighted by atomic mass is 16.5. The monoisotopic (exact) mass is 243 g/mol. The molecule has 2 unspecified atom stereocenters. The van der Waals surface area contributed by atoms with Crippen molar-refractivity contribution in [1.82, 2.24) is 4.90 Å². The zero-order valence-corrected chi connectivity index (χ0v) is 10.9. The standard InChI is InChI=1S/C13H25NO3/c1-2-15-9-10-16-8-4-7-14-11-12-5-3-6-13(14)17-12/h12-13H,2-11H2,1H3. The Morgan fingerprint density at radius 3 is 2.88 bits per heavy atom.